The third kappa shape index (κ3) is 1.43. The van der Waals surface area contributed by atoms with E-state index >= 15 is 0 Å². The van der Waals surface area contributed by atoms with Crippen LogP contribution in [0.2, 0.25) is 0 Å². The third-order valence-corrected chi connectivity index (χ3v) is 0.758. The zero-order valence-corrected chi connectivity index (χ0v) is 4.92. The van der Waals surface area contributed by atoms with E-state index in [1.54, 1.807) is 6.07 Å². The lowest BCUT2D eigenvalue weighted by atomic mass is 10.2. The smallest absolute Gasteiger partial charge is 0.148 e. The van der Waals surface area contributed by atoms with Crippen LogP contribution in [0.15, 0.2) is 11.1 Å². The van der Waals surface area contributed by atoms with E-state index in [1.807, 2.05) is 0 Å². The Bertz CT molecular complexity index is 275. The van der Waals surface area contributed by atoms with Gasteiger partial charge in [-0.15, -0.1) is 0 Å². The molecule has 0 aliphatic rings. The monoisotopic (exact) mass is 130 g/mol. The van der Waals surface area contributed by atoms with Crippen LogP contribution in [0.25, 0.3) is 0 Å². The van der Waals surface area contributed by atoms with E-state index in [9.17, 15) is 0 Å². The fourth-order valence-corrected chi connectivity index (χ4v) is 0.306. The minimum Gasteiger partial charge on any atom is -0.307 e. The molecule has 0 heterocycles. The van der Waals surface area contributed by atoms with Gasteiger partial charge in [0.2, 0.25) is 0 Å². The van der Waals surface area contributed by atoms with E-state index < -0.39 is 0 Å². The molecule has 0 aromatic carbocycles. The highest BCUT2D eigenvalue weighted by molar-refractivity contribution is 5.85. The first-order valence-electron chi connectivity index (χ1n) is 2.25. The second kappa shape index (κ2) is 3.83. The first kappa shape index (κ1) is 7.88. The fourth-order valence-electron chi connectivity index (χ4n) is 0.306. The summed E-state index contributed by atoms with van der Waals surface area (Å²) in [6.45, 7) is 0. The van der Waals surface area contributed by atoms with Crippen molar-refractivity contribution < 1.29 is 0 Å². The van der Waals surface area contributed by atoms with E-state index in [0.29, 0.717) is 6.21 Å². The van der Waals surface area contributed by atoms with Crippen LogP contribution in [0, 0.1) is 39.4 Å². The highest BCUT2D eigenvalue weighted by Crippen LogP contribution is 1.96. The molecule has 0 aromatic rings. The molecule has 0 rings (SSSR count). The molecule has 0 unspecified atom stereocenters. The molecular formula is C6H2N4. The molecular weight excluding hydrogens is 128 g/mol. The molecule has 0 fully saturated rings. The Hall–Kier alpha value is -2.12. The van der Waals surface area contributed by atoms with Crippen LogP contribution in [0.3, 0.4) is 0 Å². The van der Waals surface area contributed by atoms with Gasteiger partial charge in [0.15, 0.2) is 0 Å². The maximum absolute atomic E-state index is 8.20. The van der Waals surface area contributed by atoms with Crippen molar-refractivity contribution in [2.75, 3.05) is 0 Å². The van der Waals surface area contributed by atoms with Crippen molar-refractivity contribution in [3.05, 3.63) is 11.1 Å². The van der Waals surface area contributed by atoms with Crippen LogP contribution < -0.4 is 0 Å². The quantitative estimate of drug-likeness (QED) is 0.413. The summed E-state index contributed by atoms with van der Waals surface area (Å²) in [5, 5.41) is 31.1. The molecule has 0 spiro atoms. The van der Waals surface area contributed by atoms with Gasteiger partial charge in [-0.2, -0.15) is 15.8 Å². The molecule has 1 N–H and O–H groups in total. The molecule has 0 amide bonds. The van der Waals surface area contributed by atoms with Crippen LogP contribution in [-0.2, 0) is 0 Å². The van der Waals surface area contributed by atoms with Crippen LogP contribution in [0.5, 0.6) is 0 Å². The Balaban J connectivity index is 5.05. The summed E-state index contributed by atoms with van der Waals surface area (Å²) in [6.07, 6.45) is 0.682. The number of nitrogens with zero attached hydrogens (tertiary/aromatic N) is 3. The van der Waals surface area contributed by atoms with Crippen molar-refractivity contribution in [1.29, 1.82) is 21.2 Å². The zero-order chi connectivity index (χ0) is 7.98. The Morgan fingerprint density at radius 3 is 1.70 bits per heavy atom. The van der Waals surface area contributed by atoms with Crippen LogP contribution in [-0.4, -0.2) is 6.21 Å². The lowest BCUT2D eigenvalue weighted by Gasteiger charge is -1.80. The molecule has 0 atom stereocenters. The molecule has 0 aromatic heterocycles. The molecule has 4 heteroatoms. The van der Waals surface area contributed by atoms with E-state index in [1.165, 1.54) is 12.1 Å². The van der Waals surface area contributed by atoms with Crippen LogP contribution in [0.1, 0.15) is 0 Å². The molecule has 0 radical (unpaired) electrons. The molecule has 4 nitrogen and oxygen atoms in total. The molecule has 10 heavy (non-hydrogen) atoms. The summed E-state index contributed by atoms with van der Waals surface area (Å²) in [4.78, 5) is 0. The van der Waals surface area contributed by atoms with E-state index in [4.69, 9.17) is 21.2 Å². The Kier molecular flexibility index (Phi) is 3.02. The summed E-state index contributed by atoms with van der Waals surface area (Å²) < 4.78 is 0. The van der Waals surface area contributed by atoms with Crippen molar-refractivity contribution in [2.24, 2.45) is 0 Å². The second-order valence-corrected chi connectivity index (χ2v) is 1.27. The Morgan fingerprint density at radius 1 is 1.10 bits per heavy atom. The molecule has 0 saturated heterocycles. The Labute approximate surface area is 57.7 Å². The van der Waals surface area contributed by atoms with Crippen LogP contribution in [0.4, 0.5) is 0 Å². The highest BCUT2D eigenvalue weighted by atomic mass is 14.4. The fraction of sp³-hybridized carbons (Fsp3) is 0. The minimum atomic E-state index is -0.322. The highest BCUT2D eigenvalue weighted by Gasteiger charge is 1.99. The predicted octanol–water partition coefficient (Wildman–Crippen LogP) is 0.503. The van der Waals surface area contributed by atoms with Gasteiger partial charge >= 0.3 is 0 Å². The number of hydrogen-bond acceptors (Lipinski definition) is 4. The number of rotatable bonds is 1. The molecule has 0 aliphatic heterocycles. The predicted molar refractivity (Wildman–Crippen MR) is 32.6 cm³/mol. The summed E-state index contributed by atoms with van der Waals surface area (Å²) in [5.41, 5.74) is -0.525. The molecule has 0 aliphatic carbocycles. The second-order valence-electron chi connectivity index (χ2n) is 1.27. The van der Waals surface area contributed by atoms with Gasteiger partial charge in [-0.3, -0.25) is 0 Å². The molecule has 46 valence electrons. The van der Waals surface area contributed by atoms with Crippen molar-refractivity contribution in [3.8, 4) is 18.2 Å². The third-order valence-electron chi connectivity index (χ3n) is 0.758. The van der Waals surface area contributed by atoms with Crippen LogP contribution >= 0.6 is 0 Å². The summed E-state index contributed by atoms with van der Waals surface area (Å²) in [5.74, 6) is 0. The average molecular weight is 130 g/mol. The lowest BCUT2D eigenvalue weighted by molar-refractivity contribution is 1.43. The van der Waals surface area contributed by atoms with Gasteiger partial charge in [-0.25, -0.2) is 0 Å². The van der Waals surface area contributed by atoms with Crippen molar-refractivity contribution in [3.63, 3.8) is 0 Å². The summed E-state index contributed by atoms with van der Waals surface area (Å²) in [7, 11) is 0. The van der Waals surface area contributed by atoms with Gasteiger partial charge in [0.05, 0.1) is 5.57 Å². The van der Waals surface area contributed by atoms with Gasteiger partial charge in [-0.05, 0) is 0 Å². The normalized spacial score (nSPS) is 6.10. The zero-order valence-electron chi connectivity index (χ0n) is 4.92. The van der Waals surface area contributed by atoms with E-state index in [-0.39, 0.29) is 11.1 Å². The number of nitriles is 3. The van der Waals surface area contributed by atoms with Gasteiger partial charge in [0.1, 0.15) is 23.8 Å². The summed E-state index contributed by atoms with van der Waals surface area (Å²) in [6, 6.07) is 4.54. The summed E-state index contributed by atoms with van der Waals surface area (Å²) >= 11 is 0. The molecule has 0 bridgehead atoms. The minimum absolute atomic E-state index is 0.204. The van der Waals surface area contributed by atoms with Gasteiger partial charge in [0.25, 0.3) is 0 Å². The number of allylic oxidation sites excluding steroid dienone is 2. The first-order valence-corrected chi connectivity index (χ1v) is 2.25. The lowest BCUT2D eigenvalue weighted by Crippen LogP contribution is -1.84. The van der Waals surface area contributed by atoms with Crippen molar-refractivity contribution in [2.45, 2.75) is 0 Å². The average Bonchev–Trinajstić information content (AvgIpc) is 2.00. The SMILES string of the molecule is N#CC(C#N)=C(C#N)C=N. The topological polar surface area (TPSA) is 95.2 Å². The number of hydrogen-bond donors (Lipinski definition) is 1. The van der Waals surface area contributed by atoms with E-state index in [0.717, 1.165) is 0 Å². The van der Waals surface area contributed by atoms with Crippen molar-refractivity contribution in [1.82, 2.24) is 0 Å². The number of nitrogens with one attached hydrogen (secondary N) is 1. The van der Waals surface area contributed by atoms with Gasteiger partial charge < -0.3 is 5.41 Å². The van der Waals surface area contributed by atoms with Crippen molar-refractivity contribution >= 4 is 6.21 Å². The molecule has 0 saturated carbocycles. The standard InChI is InChI=1S/C6H2N4/c7-1-5(2-8)6(3-9)4-10/h1,7H. The largest absolute Gasteiger partial charge is 0.307 e. The van der Waals surface area contributed by atoms with Gasteiger partial charge in [0, 0.05) is 6.21 Å². The van der Waals surface area contributed by atoms with Gasteiger partial charge in [-0.1, -0.05) is 0 Å². The maximum Gasteiger partial charge on any atom is 0.148 e. The van der Waals surface area contributed by atoms with E-state index in [2.05, 4.69) is 0 Å². The maximum atomic E-state index is 8.20. The first-order chi connectivity index (χ1) is 4.79. The Morgan fingerprint density at radius 2 is 1.60 bits per heavy atom.